The van der Waals surface area contributed by atoms with Gasteiger partial charge in [0.15, 0.2) is 0 Å². The van der Waals surface area contributed by atoms with Crippen LogP contribution in [0.1, 0.15) is 16.7 Å². The minimum Gasteiger partial charge on any atom is -0.488 e. The molecule has 4 N–H and O–H groups in total. The van der Waals surface area contributed by atoms with Crippen molar-refractivity contribution in [2.45, 2.75) is 19.7 Å². The molecule has 0 unspecified atom stereocenters. The number of rotatable bonds is 4. The van der Waals surface area contributed by atoms with Gasteiger partial charge in [0.2, 0.25) is 0 Å². The first-order valence-electron chi connectivity index (χ1n) is 8.16. The molecule has 0 atom stereocenters. The van der Waals surface area contributed by atoms with Crippen LogP contribution in [0.4, 0.5) is 24.7 Å². The van der Waals surface area contributed by atoms with Crippen molar-refractivity contribution in [3.05, 3.63) is 71.3 Å². The SMILES string of the molecule is Cc1cc(C(F)(F)F)cc(OCc2ccccc2)c1-c1ccc(N)c(N)n1. The Labute approximate surface area is 154 Å². The molecule has 0 amide bonds. The van der Waals surface area contributed by atoms with E-state index in [1.807, 2.05) is 30.3 Å². The molecule has 0 radical (unpaired) electrons. The number of hydrogen-bond donors (Lipinski definition) is 2. The van der Waals surface area contributed by atoms with Gasteiger partial charge >= 0.3 is 6.18 Å². The van der Waals surface area contributed by atoms with Crippen LogP contribution in [0.5, 0.6) is 5.75 Å². The van der Waals surface area contributed by atoms with Crippen LogP contribution in [0.3, 0.4) is 0 Å². The van der Waals surface area contributed by atoms with Gasteiger partial charge in [-0.1, -0.05) is 30.3 Å². The van der Waals surface area contributed by atoms with E-state index >= 15 is 0 Å². The van der Waals surface area contributed by atoms with Gasteiger partial charge in [-0.2, -0.15) is 13.2 Å². The average molecular weight is 373 g/mol. The van der Waals surface area contributed by atoms with Crippen LogP contribution >= 0.6 is 0 Å². The molecule has 1 heterocycles. The number of aromatic nitrogens is 1. The standard InChI is InChI=1S/C20H18F3N3O/c1-12-9-14(20(21,22)23)10-17(27-11-13-5-3-2-4-6-13)18(12)16-8-7-15(24)19(25)26-16/h2-10H,11,24H2,1H3,(H2,25,26). The van der Waals surface area contributed by atoms with E-state index in [1.54, 1.807) is 19.1 Å². The molecule has 0 bridgehead atoms. The number of halogens is 3. The van der Waals surface area contributed by atoms with Crippen molar-refractivity contribution in [2.75, 3.05) is 11.5 Å². The first kappa shape index (κ1) is 18.6. The maximum Gasteiger partial charge on any atom is 0.416 e. The van der Waals surface area contributed by atoms with E-state index in [4.69, 9.17) is 16.2 Å². The summed E-state index contributed by atoms with van der Waals surface area (Å²) in [6.45, 7) is 1.70. The molecule has 0 saturated carbocycles. The van der Waals surface area contributed by atoms with E-state index in [0.717, 1.165) is 17.7 Å². The van der Waals surface area contributed by atoms with Gasteiger partial charge in [0.05, 0.1) is 16.9 Å². The molecule has 4 nitrogen and oxygen atoms in total. The fourth-order valence-corrected chi connectivity index (χ4v) is 2.72. The zero-order valence-electron chi connectivity index (χ0n) is 14.5. The number of nitrogens with zero attached hydrogens (tertiary/aromatic N) is 1. The topological polar surface area (TPSA) is 74.2 Å². The molecule has 140 valence electrons. The van der Waals surface area contributed by atoms with Crippen LogP contribution in [-0.2, 0) is 12.8 Å². The molecule has 3 aromatic rings. The fourth-order valence-electron chi connectivity index (χ4n) is 2.72. The van der Waals surface area contributed by atoms with Gasteiger partial charge in [-0.15, -0.1) is 0 Å². The molecule has 0 spiro atoms. The maximum absolute atomic E-state index is 13.3. The Hall–Kier alpha value is -3.22. The lowest BCUT2D eigenvalue weighted by Gasteiger charge is -2.17. The molecule has 0 aliphatic carbocycles. The number of anilines is 2. The third-order valence-electron chi connectivity index (χ3n) is 4.08. The van der Waals surface area contributed by atoms with Crippen molar-refractivity contribution < 1.29 is 17.9 Å². The highest BCUT2D eigenvalue weighted by molar-refractivity contribution is 5.75. The van der Waals surface area contributed by atoms with Crippen molar-refractivity contribution >= 4 is 11.5 Å². The lowest BCUT2D eigenvalue weighted by molar-refractivity contribution is -0.137. The maximum atomic E-state index is 13.3. The van der Waals surface area contributed by atoms with E-state index in [9.17, 15) is 13.2 Å². The highest BCUT2D eigenvalue weighted by Crippen LogP contribution is 2.40. The van der Waals surface area contributed by atoms with Crippen molar-refractivity contribution in [1.29, 1.82) is 0 Å². The summed E-state index contributed by atoms with van der Waals surface area (Å²) < 4.78 is 45.5. The number of ether oxygens (including phenoxy) is 1. The molecule has 27 heavy (non-hydrogen) atoms. The third-order valence-corrected chi connectivity index (χ3v) is 4.08. The van der Waals surface area contributed by atoms with Gasteiger partial charge in [-0.3, -0.25) is 0 Å². The van der Waals surface area contributed by atoms with Crippen molar-refractivity contribution in [3.63, 3.8) is 0 Å². The number of hydrogen-bond acceptors (Lipinski definition) is 4. The van der Waals surface area contributed by atoms with Crippen LogP contribution in [0, 0.1) is 6.92 Å². The van der Waals surface area contributed by atoms with E-state index in [1.165, 1.54) is 0 Å². The van der Waals surface area contributed by atoms with Crippen LogP contribution in [-0.4, -0.2) is 4.98 Å². The summed E-state index contributed by atoms with van der Waals surface area (Å²) in [6, 6.07) is 14.4. The molecule has 7 heteroatoms. The van der Waals surface area contributed by atoms with E-state index in [2.05, 4.69) is 4.98 Å². The Kier molecular flexibility index (Phi) is 4.94. The summed E-state index contributed by atoms with van der Waals surface area (Å²) in [5.74, 6) is 0.198. The van der Waals surface area contributed by atoms with Crippen LogP contribution in [0.25, 0.3) is 11.3 Å². The molecule has 0 saturated heterocycles. The Morgan fingerprint density at radius 2 is 1.70 bits per heavy atom. The highest BCUT2D eigenvalue weighted by Gasteiger charge is 2.32. The van der Waals surface area contributed by atoms with Crippen molar-refractivity contribution in [3.8, 4) is 17.0 Å². The van der Waals surface area contributed by atoms with Gasteiger partial charge in [0, 0.05) is 5.56 Å². The molecular formula is C20H18F3N3O. The van der Waals surface area contributed by atoms with Gasteiger partial charge in [0.25, 0.3) is 0 Å². The van der Waals surface area contributed by atoms with Crippen LogP contribution in [0.15, 0.2) is 54.6 Å². The zero-order valence-corrected chi connectivity index (χ0v) is 14.5. The Balaban J connectivity index is 2.08. The van der Waals surface area contributed by atoms with E-state index < -0.39 is 11.7 Å². The van der Waals surface area contributed by atoms with E-state index in [-0.39, 0.29) is 18.2 Å². The van der Waals surface area contributed by atoms with Gasteiger partial charge < -0.3 is 16.2 Å². The van der Waals surface area contributed by atoms with Gasteiger partial charge in [-0.05, 0) is 42.3 Å². The predicted molar refractivity (Wildman–Crippen MR) is 99.0 cm³/mol. The smallest absolute Gasteiger partial charge is 0.416 e. The second-order valence-electron chi connectivity index (χ2n) is 6.11. The Bertz CT molecular complexity index is 957. The van der Waals surface area contributed by atoms with Gasteiger partial charge in [-0.25, -0.2) is 4.98 Å². The zero-order chi connectivity index (χ0) is 19.6. The highest BCUT2D eigenvalue weighted by atomic mass is 19.4. The summed E-state index contributed by atoms with van der Waals surface area (Å²) in [5, 5.41) is 0. The minimum atomic E-state index is -4.48. The third kappa shape index (κ3) is 4.13. The summed E-state index contributed by atoms with van der Waals surface area (Å²) in [4.78, 5) is 4.20. The largest absolute Gasteiger partial charge is 0.488 e. The monoisotopic (exact) mass is 373 g/mol. The summed E-state index contributed by atoms with van der Waals surface area (Å²) in [7, 11) is 0. The number of nitrogen functional groups attached to an aromatic ring is 2. The quantitative estimate of drug-likeness (QED) is 0.688. The summed E-state index contributed by atoms with van der Waals surface area (Å²) in [5.41, 5.74) is 13.0. The molecule has 3 rings (SSSR count). The predicted octanol–water partition coefficient (Wildman–Crippen LogP) is 4.82. The second kappa shape index (κ2) is 7.19. The van der Waals surface area contributed by atoms with Crippen LogP contribution < -0.4 is 16.2 Å². The first-order chi connectivity index (χ1) is 12.8. The number of alkyl halides is 3. The number of pyridine rings is 1. The number of nitrogens with two attached hydrogens (primary N) is 2. The van der Waals surface area contributed by atoms with E-state index in [0.29, 0.717) is 22.5 Å². The molecule has 1 aromatic heterocycles. The van der Waals surface area contributed by atoms with Crippen molar-refractivity contribution in [1.82, 2.24) is 4.98 Å². The summed E-state index contributed by atoms with van der Waals surface area (Å²) >= 11 is 0. The van der Waals surface area contributed by atoms with Crippen LogP contribution in [0.2, 0.25) is 0 Å². The molecule has 0 aliphatic heterocycles. The molecular weight excluding hydrogens is 355 g/mol. The van der Waals surface area contributed by atoms with Crippen molar-refractivity contribution in [2.24, 2.45) is 0 Å². The molecule has 0 aliphatic rings. The van der Waals surface area contributed by atoms with Gasteiger partial charge in [0.1, 0.15) is 18.2 Å². The molecule has 2 aromatic carbocycles. The Morgan fingerprint density at radius 1 is 1.00 bits per heavy atom. The summed E-state index contributed by atoms with van der Waals surface area (Å²) in [6.07, 6.45) is -4.48. The number of aryl methyl sites for hydroxylation is 1. The second-order valence-corrected chi connectivity index (χ2v) is 6.11. The Morgan fingerprint density at radius 3 is 2.33 bits per heavy atom. The average Bonchev–Trinajstić information content (AvgIpc) is 2.62. The first-order valence-corrected chi connectivity index (χ1v) is 8.16. The normalized spacial score (nSPS) is 11.4. The number of benzene rings is 2. The lowest BCUT2D eigenvalue weighted by Crippen LogP contribution is -2.08. The minimum absolute atomic E-state index is 0.0860. The lowest BCUT2D eigenvalue weighted by atomic mass is 10.00. The fraction of sp³-hybridized carbons (Fsp3) is 0.150. The molecule has 0 fully saturated rings.